The number of nitrogens with one attached hydrogen (secondary N) is 1. The van der Waals surface area contributed by atoms with Crippen molar-refractivity contribution in [2.24, 2.45) is 0 Å². The van der Waals surface area contributed by atoms with E-state index in [1.165, 1.54) is 0 Å². The van der Waals surface area contributed by atoms with E-state index in [4.69, 9.17) is 20.4 Å². The molecule has 3 aromatic carbocycles. The molecule has 5 rings (SSSR count). The van der Waals surface area contributed by atoms with Crippen molar-refractivity contribution in [3.8, 4) is 0 Å². The van der Waals surface area contributed by atoms with Crippen LogP contribution in [0, 0.1) is 0 Å². The van der Waals surface area contributed by atoms with Crippen LogP contribution in [0.2, 0.25) is 0 Å². The molecule has 8 heteroatoms. The Kier molecular flexibility index (Phi) is 6.32. The maximum Gasteiger partial charge on any atom is 0.338 e. The fourth-order valence-corrected chi connectivity index (χ4v) is 4.15. The van der Waals surface area contributed by atoms with E-state index in [0.717, 1.165) is 17.5 Å². The molecule has 0 spiro atoms. The summed E-state index contributed by atoms with van der Waals surface area (Å²) in [5, 5.41) is 2.87. The van der Waals surface area contributed by atoms with Crippen LogP contribution in [0.4, 0.5) is 11.5 Å². The van der Waals surface area contributed by atoms with Crippen LogP contribution in [0.3, 0.4) is 0 Å². The summed E-state index contributed by atoms with van der Waals surface area (Å²) in [5.41, 5.74) is 11.3. The van der Waals surface area contributed by atoms with E-state index in [9.17, 15) is 9.59 Å². The maximum absolute atomic E-state index is 13.4. The smallest absolute Gasteiger partial charge is 0.338 e. The predicted octanol–water partition coefficient (Wildman–Crippen LogP) is 4.84. The van der Waals surface area contributed by atoms with Crippen LogP contribution in [-0.2, 0) is 17.7 Å². The lowest BCUT2D eigenvalue weighted by Crippen LogP contribution is -2.15. The highest BCUT2D eigenvalue weighted by Gasteiger charge is 2.24. The predicted molar refractivity (Wildman–Crippen MR) is 140 cm³/mol. The lowest BCUT2D eigenvalue weighted by atomic mass is 10.1. The number of rotatable bonds is 7. The number of fused-ring (bicyclic) bond motifs is 2. The van der Waals surface area contributed by atoms with Gasteiger partial charge < -0.3 is 20.4 Å². The molecule has 36 heavy (non-hydrogen) atoms. The normalized spacial score (nSPS) is 11.0. The van der Waals surface area contributed by atoms with Gasteiger partial charge >= 0.3 is 5.97 Å². The molecule has 2 heterocycles. The number of hydrogen-bond donors (Lipinski definition) is 2. The van der Waals surface area contributed by atoms with Gasteiger partial charge in [0.15, 0.2) is 5.65 Å². The maximum atomic E-state index is 13.4. The zero-order chi connectivity index (χ0) is 25.1. The molecule has 3 N–H and O–H groups in total. The molecule has 0 aliphatic heterocycles. The number of esters is 1. The molecule has 1 amide bonds. The number of amides is 1. The number of nitrogen functional groups attached to an aromatic ring is 1. The zero-order valence-corrected chi connectivity index (χ0v) is 19.8. The summed E-state index contributed by atoms with van der Waals surface area (Å²) in [7, 11) is 0. The highest BCUT2D eigenvalue weighted by Crippen LogP contribution is 2.29. The summed E-state index contributed by atoms with van der Waals surface area (Å²) in [6.45, 7) is 2.58. The van der Waals surface area contributed by atoms with Crippen molar-refractivity contribution in [1.29, 1.82) is 0 Å². The Morgan fingerprint density at radius 3 is 2.28 bits per heavy atom. The van der Waals surface area contributed by atoms with Gasteiger partial charge in [-0.25, -0.2) is 14.8 Å². The van der Waals surface area contributed by atoms with E-state index in [0.29, 0.717) is 46.9 Å². The summed E-state index contributed by atoms with van der Waals surface area (Å²) in [4.78, 5) is 34.9. The molecule has 0 aliphatic carbocycles. The molecule has 8 nitrogen and oxygen atoms in total. The number of benzene rings is 3. The third-order valence-electron chi connectivity index (χ3n) is 5.94. The van der Waals surface area contributed by atoms with Crippen LogP contribution < -0.4 is 11.1 Å². The molecule has 0 aliphatic rings. The number of carbonyl (C=O) groups is 2. The van der Waals surface area contributed by atoms with Gasteiger partial charge in [0.05, 0.1) is 23.2 Å². The van der Waals surface area contributed by atoms with E-state index in [-0.39, 0.29) is 5.56 Å². The summed E-state index contributed by atoms with van der Waals surface area (Å²) in [6, 6.07) is 24.1. The SMILES string of the molecule is CCOC(=O)c1ccc(NC(=O)c2c(N)n(CCc3ccccc3)c3nc4ccccc4nc23)cc1. The number of anilines is 2. The van der Waals surface area contributed by atoms with Gasteiger partial charge in [-0.1, -0.05) is 42.5 Å². The van der Waals surface area contributed by atoms with Gasteiger partial charge in [0.2, 0.25) is 0 Å². The summed E-state index contributed by atoms with van der Waals surface area (Å²) < 4.78 is 6.86. The van der Waals surface area contributed by atoms with E-state index < -0.39 is 11.9 Å². The number of nitrogens with zero attached hydrogens (tertiary/aromatic N) is 3. The lowest BCUT2D eigenvalue weighted by Gasteiger charge is -2.09. The van der Waals surface area contributed by atoms with Gasteiger partial charge in [0, 0.05) is 12.2 Å². The van der Waals surface area contributed by atoms with Gasteiger partial charge in [-0.15, -0.1) is 0 Å². The Bertz CT molecular complexity index is 1560. The molecule has 0 unspecified atom stereocenters. The van der Waals surface area contributed by atoms with Crippen LogP contribution in [-0.4, -0.2) is 33.0 Å². The van der Waals surface area contributed by atoms with E-state index in [1.807, 2.05) is 47.0 Å². The fraction of sp³-hybridized carbons (Fsp3) is 0.143. The Morgan fingerprint density at radius 1 is 0.917 bits per heavy atom. The molecular weight excluding hydrogens is 454 g/mol. The van der Waals surface area contributed by atoms with Crippen LogP contribution in [0.5, 0.6) is 0 Å². The largest absolute Gasteiger partial charge is 0.462 e. The second-order valence-corrected chi connectivity index (χ2v) is 8.28. The van der Waals surface area contributed by atoms with E-state index in [2.05, 4.69) is 17.4 Å². The highest BCUT2D eigenvalue weighted by atomic mass is 16.5. The standard InChI is InChI=1S/C28H25N5O3/c1-2-36-28(35)19-12-14-20(15-13-19)30-27(34)23-24-26(32-22-11-7-6-10-21(22)31-24)33(25(23)29)17-16-18-8-4-3-5-9-18/h3-15H,2,16-17,29H2,1H3,(H,30,34). The number of para-hydroxylation sites is 2. The molecule has 0 saturated heterocycles. The first-order valence-electron chi connectivity index (χ1n) is 11.7. The number of nitrogens with two attached hydrogens (primary N) is 1. The van der Waals surface area contributed by atoms with Gasteiger partial charge in [-0.2, -0.15) is 0 Å². The first-order chi connectivity index (χ1) is 17.5. The second-order valence-electron chi connectivity index (χ2n) is 8.28. The third-order valence-corrected chi connectivity index (χ3v) is 5.94. The van der Waals surface area contributed by atoms with Crippen LogP contribution in [0.1, 0.15) is 33.2 Å². The average molecular weight is 480 g/mol. The fourth-order valence-electron chi connectivity index (χ4n) is 4.15. The van der Waals surface area contributed by atoms with Crippen molar-refractivity contribution in [3.05, 3.63) is 95.6 Å². The Hall–Kier alpha value is -4.72. The van der Waals surface area contributed by atoms with E-state index >= 15 is 0 Å². The molecule has 2 aromatic heterocycles. The number of aryl methyl sites for hydroxylation is 2. The molecule has 180 valence electrons. The summed E-state index contributed by atoms with van der Waals surface area (Å²) >= 11 is 0. The van der Waals surface area contributed by atoms with Crippen molar-refractivity contribution in [3.63, 3.8) is 0 Å². The van der Waals surface area contributed by atoms with Crippen molar-refractivity contribution in [1.82, 2.24) is 14.5 Å². The van der Waals surface area contributed by atoms with Gasteiger partial charge in [0.1, 0.15) is 16.9 Å². The molecule has 5 aromatic rings. The monoisotopic (exact) mass is 479 g/mol. The number of aromatic nitrogens is 3. The van der Waals surface area contributed by atoms with Gasteiger partial charge in [0.25, 0.3) is 5.91 Å². The molecule has 0 bridgehead atoms. The minimum Gasteiger partial charge on any atom is -0.462 e. The summed E-state index contributed by atoms with van der Waals surface area (Å²) in [5.74, 6) is -0.510. The molecule has 0 radical (unpaired) electrons. The number of hydrogen-bond acceptors (Lipinski definition) is 6. The van der Waals surface area contributed by atoms with E-state index in [1.54, 1.807) is 31.2 Å². The van der Waals surface area contributed by atoms with Crippen LogP contribution in [0.15, 0.2) is 78.9 Å². The van der Waals surface area contributed by atoms with Crippen molar-refractivity contribution in [2.45, 2.75) is 19.9 Å². The van der Waals surface area contributed by atoms with Crippen LogP contribution in [0.25, 0.3) is 22.2 Å². The molecular formula is C28H25N5O3. The number of carbonyl (C=O) groups excluding carboxylic acids is 2. The topological polar surface area (TPSA) is 112 Å². The Morgan fingerprint density at radius 2 is 1.58 bits per heavy atom. The van der Waals surface area contributed by atoms with Crippen molar-refractivity contribution >= 4 is 45.6 Å². The molecule has 0 fully saturated rings. The van der Waals surface area contributed by atoms with Crippen molar-refractivity contribution < 1.29 is 14.3 Å². The first-order valence-corrected chi connectivity index (χ1v) is 11.7. The Balaban J connectivity index is 1.51. The average Bonchev–Trinajstić information content (AvgIpc) is 3.17. The zero-order valence-electron chi connectivity index (χ0n) is 19.8. The number of ether oxygens (including phenoxy) is 1. The molecule has 0 saturated carbocycles. The summed E-state index contributed by atoms with van der Waals surface area (Å²) in [6.07, 6.45) is 0.722. The second kappa shape index (κ2) is 9.87. The third kappa shape index (κ3) is 4.48. The van der Waals surface area contributed by atoms with Gasteiger partial charge in [-0.05, 0) is 55.3 Å². The van der Waals surface area contributed by atoms with Crippen LogP contribution >= 0.6 is 0 Å². The lowest BCUT2D eigenvalue weighted by molar-refractivity contribution is 0.0526. The van der Waals surface area contributed by atoms with Crippen molar-refractivity contribution in [2.75, 3.05) is 17.7 Å². The minimum atomic E-state index is -0.414. The first kappa shape index (κ1) is 23.0. The molecule has 0 atom stereocenters. The minimum absolute atomic E-state index is 0.269. The Labute approximate surface area is 207 Å². The quantitative estimate of drug-likeness (QED) is 0.323. The van der Waals surface area contributed by atoms with Gasteiger partial charge in [-0.3, -0.25) is 4.79 Å². The highest BCUT2D eigenvalue weighted by molar-refractivity contribution is 6.16.